The normalized spacial score (nSPS) is 18.0. The number of morpholine rings is 1. The molecule has 0 bridgehead atoms. The van der Waals surface area contributed by atoms with Crippen molar-refractivity contribution in [2.75, 3.05) is 24.6 Å². The molecule has 21 heavy (non-hydrogen) atoms. The molecule has 112 valence electrons. The molecule has 3 heterocycles. The highest BCUT2D eigenvalue weighted by Gasteiger charge is 2.29. The third-order valence-corrected chi connectivity index (χ3v) is 3.74. The van der Waals surface area contributed by atoms with Gasteiger partial charge >= 0.3 is 0 Å². The fraction of sp³-hybridized carbons (Fsp3) is 0.533. The summed E-state index contributed by atoms with van der Waals surface area (Å²) in [6.45, 7) is 6.60. The monoisotopic (exact) mass is 287 g/mol. The van der Waals surface area contributed by atoms with E-state index in [2.05, 4.69) is 44.6 Å². The van der Waals surface area contributed by atoms with Crippen LogP contribution in [0.5, 0.6) is 0 Å². The van der Waals surface area contributed by atoms with Gasteiger partial charge in [-0.2, -0.15) is 0 Å². The summed E-state index contributed by atoms with van der Waals surface area (Å²) in [6.07, 6.45) is 4.39. The van der Waals surface area contributed by atoms with Gasteiger partial charge in [0.05, 0.1) is 12.2 Å². The Bertz CT molecular complexity index is 608. The molecule has 6 heteroatoms. The molecule has 1 saturated heterocycles. The van der Waals surface area contributed by atoms with Crippen LogP contribution in [0.4, 0.5) is 5.95 Å². The lowest BCUT2D eigenvalue weighted by atomic mass is 10.1. The molecule has 1 aliphatic heterocycles. The van der Waals surface area contributed by atoms with Gasteiger partial charge in [0.1, 0.15) is 5.82 Å². The van der Waals surface area contributed by atoms with Crippen molar-refractivity contribution in [2.24, 2.45) is 7.05 Å². The first-order chi connectivity index (χ1) is 10.1. The molecule has 1 aliphatic rings. The molecule has 0 amide bonds. The molecule has 3 rings (SSSR count). The SMILES string of the molecule is Cn1c(Cc2cccnc2)nnc1N1CCOC(C)(C)C1. The van der Waals surface area contributed by atoms with Gasteiger partial charge in [0.15, 0.2) is 0 Å². The van der Waals surface area contributed by atoms with Crippen molar-refractivity contribution in [3.8, 4) is 0 Å². The predicted octanol–water partition coefficient (Wildman–Crippen LogP) is 1.42. The predicted molar refractivity (Wildman–Crippen MR) is 80.3 cm³/mol. The Morgan fingerprint density at radius 1 is 1.33 bits per heavy atom. The van der Waals surface area contributed by atoms with Crippen molar-refractivity contribution in [1.29, 1.82) is 0 Å². The molecule has 0 aromatic carbocycles. The first-order valence-corrected chi connectivity index (χ1v) is 7.21. The second kappa shape index (κ2) is 5.44. The number of anilines is 1. The molecule has 2 aromatic heterocycles. The highest BCUT2D eigenvalue weighted by molar-refractivity contribution is 5.33. The van der Waals surface area contributed by atoms with Crippen molar-refractivity contribution in [3.05, 3.63) is 35.9 Å². The third-order valence-electron chi connectivity index (χ3n) is 3.74. The smallest absolute Gasteiger partial charge is 0.227 e. The summed E-state index contributed by atoms with van der Waals surface area (Å²) in [5, 5.41) is 8.70. The molecule has 0 N–H and O–H groups in total. The Labute approximate surface area is 124 Å². The van der Waals surface area contributed by atoms with Crippen molar-refractivity contribution in [3.63, 3.8) is 0 Å². The first-order valence-electron chi connectivity index (χ1n) is 7.21. The van der Waals surface area contributed by atoms with Gasteiger partial charge in [-0.25, -0.2) is 0 Å². The van der Waals surface area contributed by atoms with E-state index >= 15 is 0 Å². The summed E-state index contributed by atoms with van der Waals surface area (Å²) in [5.74, 6) is 1.85. The van der Waals surface area contributed by atoms with Crippen LogP contribution in [-0.2, 0) is 18.2 Å². The maximum atomic E-state index is 5.75. The van der Waals surface area contributed by atoms with E-state index in [1.165, 1.54) is 0 Å². The zero-order valence-corrected chi connectivity index (χ0v) is 12.8. The van der Waals surface area contributed by atoms with Crippen LogP contribution in [0.2, 0.25) is 0 Å². The summed E-state index contributed by atoms with van der Waals surface area (Å²) >= 11 is 0. The van der Waals surface area contributed by atoms with Crippen LogP contribution < -0.4 is 4.90 Å². The number of ether oxygens (including phenoxy) is 1. The lowest BCUT2D eigenvalue weighted by molar-refractivity contribution is -0.0282. The third kappa shape index (κ3) is 3.05. The quantitative estimate of drug-likeness (QED) is 0.854. The fourth-order valence-electron chi connectivity index (χ4n) is 2.65. The van der Waals surface area contributed by atoms with E-state index in [0.29, 0.717) is 0 Å². The number of aromatic nitrogens is 4. The average Bonchev–Trinajstić information content (AvgIpc) is 2.80. The molecule has 0 unspecified atom stereocenters. The van der Waals surface area contributed by atoms with Gasteiger partial charge < -0.3 is 14.2 Å². The Balaban J connectivity index is 1.79. The molecule has 0 saturated carbocycles. The first kappa shape index (κ1) is 14.0. The minimum absolute atomic E-state index is 0.145. The zero-order valence-electron chi connectivity index (χ0n) is 12.8. The van der Waals surface area contributed by atoms with Crippen LogP contribution in [0.1, 0.15) is 25.2 Å². The summed E-state index contributed by atoms with van der Waals surface area (Å²) in [7, 11) is 2.02. The van der Waals surface area contributed by atoms with Crippen LogP contribution in [-0.4, -0.2) is 45.0 Å². The highest BCUT2D eigenvalue weighted by Crippen LogP contribution is 2.22. The Morgan fingerprint density at radius 3 is 2.90 bits per heavy atom. The maximum Gasteiger partial charge on any atom is 0.227 e. The second-order valence-corrected chi connectivity index (χ2v) is 6.04. The van der Waals surface area contributed by atoms with E-state index in [0.717, 1.165) is 43.5 Å². The highest BCUT2D eigenvalue weighted by atomic mass is 16.5. The fourth-order valence-corrected chi connectivity index (χ4v) is 2.65. The molecule has 0 radical (unpaired) electrons. The van der Waals surface area contributed by atoms with Crippen molar-refractivity contribution >= 4 is 5.95 Å². The van der Waals surface area contributed by atoms with Gasteiger partial charge in [0, 0.05) is 39.0 Å². The van der Waals surface area contributed by atoms with Crippen LogP contribution in [0.15, 0.2) is 24.5 Å². The van der Waals surface area contributed by atoms with Gasteiger partial charge in [-0.1, -0.05) is 6.07 Å². The molecule has 0 atom stereocenters. The summed E-state index contributed by atoms with van der Waals surface area (Å²) in [4.78, 5) is 6.38. The Hall–Kier alpha value is -1.95. The number of hydrogen-bond donors (Lipinski definition) is 0. The van der Waals surface area contributed by atoms with E-state index in [4.69, 9.17) is 4.74 Å². The van der Waals surface area contributed by atoms with Gasteiger partial charge in [0.25, 0.3) is 0 Å². The van der Waals surface area contributed by atoms with Crippen molar-refractivity contribution in [2.45, 2.75) is 25.9 Å². The molecule has 0 aliphatic carbocycles. The summed E-state index contributed by atoms with van der Waals surface area (Å²) in [6, 6.07) is 4.00. The van der Waals surface area contributed by atoms with Gasteiger partial charge in [0.2, 0.25) is 5.95 Å². The molecule has 6 nitrogen and oxygen atoms in total. The Morgan fingerprint density at radius 2 is 2.19 bits per heavy atom. The number of pyridine rings is 1. The standard InChI is InChI=1S/C15H21N5O/c1-15(2)11-20(7-8-21-15)14-18-17-13(19(14)3)9-12-5-4-6-16-10-12/h4-6,10H,7-9,11H2,1-3H3. The number of hydrogen-bond acceptors (Lipinski definition) is 5. The van der Waals surface area contributed by atoms with Gasteiger partial charge in [-0.15, -0.1) is 10.2 Å². The molecule has 0 spiro atoms. The minimum atomic E-state index is -0.145. The number of rotatable bonds is 3. The molecule has 2 aromatic rings. The topological polar surface area (TPSA) is 56.1 Å². The van der Waals surface area contributed by atoms with E-state index in [1.54, 1.807) is 6.20 Å². The largest absolute Gasteiger partial charge is 0.372 e. The average molecular weight is 287 g/mol. The Kier molecular flexibility index (Phi) is 3.63. The second-order valence-electron chi connectivity index (χ2n) is 6.04. The molecular weight excluding hydrogens is 266 g/mol. The molecule has 1 fully saturated rings. The number of nitrogens with zero attached hydrogens (tertiary/aromatic N) is 5. The summed E-state index contributed by atoms with van der Waals surface area (Å²) in [5.41, 5.74) is 0.995. The van der Waals surface area contributed by atoms with Crippen molar-refractivity contribution in [1.82, 2.24) is 19.7 Å². The van der Waals surface area contributed by atoms with E-state index in [-0.39, 0.29) is 5.60 Å². The lowest BCUT2D eigenvalue weighted by Gasteiger charge is -2.38. The summed E-state index contributed by atoms with van der Waals surface area (Å²) < 4.78 is 7.82. The zero-order chi connectivity index (χ0) is 14.9. The van der Waals surface area contributed by atoms with Crippen LogP contribution in [0.3, 0.4) is 0 Å². The van der Waals surface area contributed by atoms with E-state index in [9.17, 15) is 0 Å². The van der Waals surface area contributed by atoms with E-state index < -0.39 is 0 Å². The van der Waals surface area contributed by atoms with Gasteiger partial charge in [-0.3, -0.25) is 4.98 Å². The lowest BCUT2D eigenvalue weighted by Crippen LogP contribution is -2.49. The maximum absolute atomic E-state index is 5.75. The van der Waals surface area contributed by atoms with Crippen LogP contribution in [0, 0.1) is 0 Å². The minimum Gasteiger partial charge on any atom is -0.372 e. The van der Waals surface area contributed by atoms with Crippen molar-refractivity contribution < 1.29 is 4.74 Å². The van der Waals surface area contributed by atoms with E-state index in [1.807, 2.05) is 19.3 Å². The van der Waals surface area contributed by atoms with Gasteiger partial charge in [-0.05, 0) is 25.5 Å². The van der Waals surface area contributed by atoms with Crippen LogP contribution in [0.25, 0.3) is 0 Å². The molecular formula is C15H21N5O. The van der Waals surface area contributed by atoms with Crippen LogP contribution >= 0.6 is 0 Å².